The van der Waals surface area contributed by atoms with Gasteiger partial charge in [-0.25, -0.2) is 4.79 Å². The first-order valence-corrected chi connectivity index (χ1v) is 8.05. The molecule has 0 saturated carbocycles. The lowest BCUT2D eigenvalue weighted by Crippen LogP contribution is -2.27. The zero-order valence-corrected chi connectivity index (χ0v) is 14.9. The number of nitrogens with zero attached hydrogens (tertiary/aromatic N) is 1. The Kier molecular flexibility index (Phi) is 6.90. The number of nitrogens with one attached hydrogen (secondary N) is 3. The third-order valence-corrected chi connectivity index (χ3v) is 3.31. The van der Waals surface area contributed by atoms with Crippen molar-refractivity contribution < 1.29 is 14.3 Å². The maximum absolute atomic E-state index is 11.9. The van der Waals surface area contributed by atoms with Gasteiger partial charge in [0.1, 0.15) is 17.2 Å². The molecule has 7 heteroatoms. The zero-order chi connectivity index (χ0) is 19.6. The molecule has 2 aromatic rings. The lowest BCUT2D eigenvalue weighted by Gasteiger charge is -2.10. The van der Waals surface area contributed by atoms with Crippen LogP contribution < -0.4 is 20.7 Å². The minimum absolute atomic E-state index is 0.260. The van der Waals surface area contributed by atoms with Crippen LogP contribution in [0.25, 0.3) is 0 Å². The number of carbonyl (C=O) groups excluding carboxylic acids is 2. The third-order valence-electron chi connectivity index (χ3n) is 3.31. The van der Waals surface area contributed by atoms with E-state index in [0.29, 0.717) is 22.9 Å². The molecule has 0 atom stereocenters. The largest absolute Gasteiger partial charge is 0.457 e. The number of allylic oxidation sites excluding steroid dienone is 3. The van der Waals surface area contributed by atoms with Crippen molar-refractivity contribution in [1.29, 1.82) is 0 Å². The first kappa shape index (κ1) is 19.5. The summed E-state index contributed by atoms with van der Waals surface area (Å²) >= 11 is 0. The van der Waals surface area contributed by atoms with E-state index in [4.69, 9.17) is 4.74 Å². The van der Waals surface area contributed by atoms with Crippen LogP contribution in [0.3, 0.4) is 0 Å². The molecule has 0 bridgehead atoms. The van der Waals surface area contributed by atoms with E-state index >= 15 is 0 Å². The molecular formula is C20H20N4O3. The summed E-state index contributed by atoms with van der Waals surface area (Å²) < 4.78 is 5.71. The van der Waals surface area contributed by atoms with Gasteiger partial charge < -0.3 is 20.7 Å². The Morgan fingerprint density at radius 2 is 1.85 bits per heavy atom. The van der Waals surface area contributed by atoms with Crippen molar-refractivity contribution in [2.24, 2.45) is 0 Å². The van der Waals surface area contributed by atoms with E-state index in [1.807, 2.05) is 0 Å². The predicted molar refractivity (Wildman–Crippen MR) is 105 cm³/mol. The average Bonchev–Trinajstić information content (AvgIpc) is 2.68. The molecule has 1 aromatic carbocycles. The van der Waals surface area contributed by atoms with Gasteiger partial charge in [0.2, 0.25) is 0 Å². The molecule has 0 spiro atoms. The fourth-order valence-electron chi connectivity index (χ4n) is 2.05. The Labute approximate surface area is 157 Å². The number of urea groups is 1. The maximum atomic E-state index is 11.9. The van der Waals surface area contributed by atoms with Crippen LogP contribution in [0.5, 0.6) is 11.5 Å². The Bertz CT molecular complexity index is 873. The Morgan fingerprint density at radius 1 is 1.11 bits per heavy atom. The molecule has 0 aliphatic heterocycles. The monoisotopic (exact) mass is 364 g/mol. The summed E-state index contributed by atoms with van der Waals surface area (Å²) in [5.74, 6) is 0.732. The second-order valence-corrected chi connectivity index (χ2v) is 5.22. The van der Waals surface area contributed by atoms with Crippen LogP contribution in [0.1, 0.15) is 10.5 Å². The quantitative estimate of drug-likeness (QED) is 0.655. The van der Waals surface area contributed by atoms with Gasteiger partial charge in [0.25, 0.3) is 5.91 Å². The van der Waals surface area contributed by atoms with Crippen LogP contribution in [0, 0.1) is 0 Å². The van der Waals surface area contributed by atoms with Crippen molar-refractivity contribution >= 4 is 17.6 Å². The van der Waals surface area contributed by atoms with E-state index < -0.39 is 6.03 Å². The third kappa shape index (κ3) is 5.86. The summed E-state index contributed by atoms with van der Waals surface area (Å²) in [6.45, 7) is 7.18. The van der Waals surface area contributed by atoms with E-state index in [2.05, 4.69) is 34.1 Å². The molecule has 7 nitrogen and oxygen atoms in total. The summed E-state index contributed by atoms with van der Waals surface area (Å²) in [6.07, 6.45) is 6.19. The van der Waals surface area contributed by atoms with Gasteiger partial charge >= 0.3 is 6.03 Å². The number of hydrogen-bond donors (Lipinski definition) is 3. The summed E-state index contributed by atoms with van der Waals surface area (Å²) in [4.78, 5) is 27.5. The number of aromatic nitrogens is 1. The standard InChI is InChI=1S/C20H20N4O3/c1-4-6-14(5-2)23-20(26)24-15-7-9-16(10-8-15)27-17-11-12-22-18(13-17)19(25)21-3/h4-13H,1-2H2,3H3,(H,21,25)(H2,23,24,26)/b14-6+. The Morgan fingerprint density at radius 3 is 2.48 bits per heavy atom. The van der Waals surface area contributed by atoms with E-state index in [0.717, 1.165) is 0 Å². The summed E-state index contributed by atoms with van der Waals surface area (Å²) in [6, 6.07) is 9.57. The smallest absolute Gasteiger partial charge is 0.323 e. The molecule has 0 radical (unpaired) electrons. The molecule has 0 unspecified atom stereocenters. The van der Waals surface area contributed by atoms with E-state index in [1.165, 1.54) is 19.3 Å². The normalized spacial score (nSPS) is 10.5. The van der Waals surface area contributed by atoms with Gasteiger partial charge in [0, 0.05) is 30.7 Å². The molecule has 3 amide bonds. The van der Waals surface area contributed by atoms with Gasteiger partial charge in [0.15, 0.2) is 0 Å². The number of carbonyl (C=O) groups is 2. The highest BCUT2D eigenvalue weighted by Crippen LogP contribution is 2.23. The van der Waals surface area contributed by atoms with Crippen molar-refractivity contribution in [3.05, 3.63) is 85.4 Å². The van der Waals surface area contributed by atoms with Gasteiger partial charge in [-0.3, -0.25) is 9.78 Å². The number of hydrogen-bond acceptors (Lipinski definition) is 4. The van der Waals surface area contributed by atoms with Crippen molar-refractivity contribution in [2.45, 2.75) is 0 Å². The van der Waals surface area contributed by atoms with Crippen LogP contribution >= 0.6 is 0 Å². The Hall–Kier alpha value is -3.87. The molecule has 0 fully saturated rings. The fourth-order valence-corrected chi connectivity index (χ4v) is 2.05. The SMILES string of the molecule is C=C/C=C(\C=C)NC(=O)Nc1ccc(Oc2ccnc(C(=O)NC)c2)cc1. The van der Waals surface area contributed by atoms with Crippen molar-refractivity contribution in [2.75, 3.05) is 12.4 Å². The van der Waals surface area contributed by atoms with Gasteiger partial charge in [-0.1, -0.05) is 19.2 Å². The van der Waals surface area contributed by atoms with Crippen LogP contribution in [0.15, 0.2) is 79.7 Å². The minimum atomic E-state index is -0.402. The van der Waals surface area contributed by atoms with Gasteiger partial charge in [-0.2, -0.15) is 0 Å². The lowest BCUT2D eigenvalue weighted by atomic mass is 10.3. The number of rotatable bonds is 7. The van der Waals surface area contributed by atoms with Gasteiger partial charge in [0.05, 0.1) is 0 Å². The molecule has 0 aliphatic carbocycles. The first-order valence-electron chi connectivity index (χ1n) is 8.05. The molecule has 1 aromatic heterocycles. The van der Waals surface area contributed by atoms with Crippen LogP contribution in [0.2, 0.25) is 0 Å². The number of benzene rings is 1. The van der Waals surface area contributed by atoms with Crippen LogP contribution in [-0.2, 0) is 0 Å². The Balaban J connectivity index is 2.00. The highest BCUT2D eigenvalue weighted by Gasteiger charge is 2.07. The number of ether oxygens (including phenoxy) is 1. The molecule has 0 saturated heterocycles. The molecular weight excluding hydrogens is 344 g/mol. The van der Waals surface area contributed by atoms with Crippen LogP contribution in [0.4, 0.5) is 10.5 Å². The fraction of sp³-hybridized carbons (Fsp3) is 0.0500. The number of pyridine rings is 1. The number of amides is 3. The summed E-state index contributed by atoms with van der Waals surface area (Å²) in [5.41, 5.74) is 1.38. The van der Waals surface area contributed by atoms with Gasteiger partial charge in [-0.05, 0) is 42.5 Å². The van der Waals surface area contributed by atoms with Crippen molar-refractivity contribution in [3.63, 3.8) is 0 Å². The second kappa shape index (κ2) is 9.57. The van der Waals surface area contributed by atoms with Crippen LogP contribution in [-0.4, -0.2) is 24.0 Å². The van der Waals surface area contributed by atoms with Crippen molar-refractivity contribution in [3.8, 4) is 11.5 Å². The van der Waals surface area contributed by atoms with E-state index in [-0.39, 0.29) is 11.6 Å². The van der Waals surface area contributed by atoms with E-state index in [1.54, 1.807) is 48.6 Å². The lowest BCUT2D eigenvalue weighted by molar-refractivity contribution is 0.0958. The molecule has 138 valence electrons. The highest BCUT2D eigenvalue weighted by molar-refractivity contribution is 5.92. The predicted octanol–water partition coefficient (Wildman–Crippen LogP) is 3.61. The highest BCUT2D eigenvalue weighted by atomic mass is 16.5. The molecule has 27 heavy (non-hydrogen) atoms. The van der Waals surface area contributed by atoms with Crippen molar-refractivity contribution in [1.82, 2.24) is 15.6 Å². The molecule has 1 heterocycles. The summed E-state index contributed by atoms with van der Waals surface area (Å²) in [5, 5.41) is 7.84. The summed E-state index contributed by atoms with van der Waals surface area (Å²) in [7, 11) is 1.53. The first-order chi connectivity index (χ1) is 13.0. The zero-order valence-electron chi connectivity index (χ0n) is 14.9. The van der Waals surface area contributed by atoms with Gasteiger partial charge in [-0.15, -0.1) is 0 Å². The minimum Gasteiger partial charge on any atom is -0.457 e. The molecule has 0 aliphatic rings. The number of anilines is 1. The second-order valence-electron chi connectivity index (χ2n) is 5.22. The van der Waals surface area contributed by atoms with E-state index in [9.17, 15) is 9.59 Å². The average molecular weight is 364 g/mol. The topological polar surface area (TPSA) is 92.3 Å². The molecule has 3 N–H and O–H groups in total. The molecule has 2 rings (SSSR count). The maximum Gasteiger partial charge on any atom is 0.323 e.